The molecule has 2 aromatic carbocycles. The second-order valence-electron chi connectivity index (χ2n) is 7.25. The fourth-order valence-corrected chi connectivity index (χ4v) is 5.54. The number of hydrogen-bond donors (Lipinski definition) is 1. The number of hydrogen-bond acceptors (Lipinski definition) is 8. The van der Waals surface area contributed by atoms with Crippen molar-refractivity contribution in [2.24, 2.45) is 5.10 Å². The molecule has 166 valence electrons. The molecule has 0 spiro atoms. The summed E-state index contributed by atoms with van der Waals surface area (Å²) in [7, 11) is -3.45. The van der Waals surface area contributed by atoms with E-state index >= 15 is 0 Å². The van der Waals surface area contributed by atoms with Gasteiger partial charge in [0.2, 0.25) is 15.2 Å². The SMILES string of the molecule is O=[N+]([O-])c1ccc(C=NNc2nc(-c3ccc(S(=O)(=O)N4CCCCC4)cc3)cs2)cc1. The lowest BCUT2D eigenvalue weighted by Gasteiger charge is -2.25. The third-order valence-electron chi connectivity index (χ3n) is 5.08. The molecule has 1 aliphatic rings. The first-order valence-corrected chi connectivity index (χ1v) is 12.3. The van der Waals surface area contributed by atoms with Gasteiger partial charge >= 0.3 is 0 Å². The van der Waals surface area contributed by atoms with Crippen LogP contribution in [0.15, 0.2) is 63.9 Å². The van der Waals surface area contributed by atoms with Gasteiger partial charge < -0.3 is 0 Å². The van der Waals surface area contributed by atoms with Crippen LogP contribution in [0.4, 0.5) is 10.8 Å². The largest absolute Gasteiger partial charge is 0.269 e. The van der Waals surface area contributed by atoms with Gasteiger partial charge in [-0.1, -0.05) is 18.6 Å². The Morgan fingerprint density at radius 1 is 1.06 bits per heavy atom. The lowest BCUT2D eigenvalue weighted by molar-refractivity contribution is -0.384. The number of non-ortho nitro benzene ring substituents is 1. The van der Waals surface area contributed by atoms with Gasteiger partial charge in [-0.25, -0.2) is 13.4 Å². The number of nitro benzene ring substituents is 1. The fourth-order valence-electron chi connectivity index (χ4n) is 3.35. The molecule has 0 unspecified atom stereocenters. The summed E-state index contributed by atoms with van der Waals surface area (Å²) in [5.41, 5.74) is 5.10. The van der Waals surface area contributed by atoms with Crippen molar-refractivity contribution >= 4 is 38.4 Å². The van der Waals surface area contributed by atoms with Crippen LogP contribution in [0.25, 0.3) is 11.3 Å². The van der Waals surface area contributed by atoms with E-state index in [2.05, 4.69) is 15.5 Å². The number of nitrogens with one attached hydrogen (secondary N) is 1. The molecule has 32 heavy (non-hydrogen) atoms. The normalized spacial score (nSPS) is 15.1. The molecule has 4 rings (SSSR count). The summed E-state index contributed by atoms with van der Waals surface area (Å²) in [5, 5.41) is 17.2. The maximum Gasteiger partial charge on any atom is 0.269 e. The summed E-state index contributed by atoms with van der Waals surface area (Å²) in [6.45, 7) is 1.15. The van der Waals surface area contributed by atoms with Gasteiger partial charge in [0, 0.05) is 36.2 Å². The Morgan fingerprint density at radius 3 is 2.41 bits per heavy atom. The van der Waals surface area contributed by atoms with E-state index in [-0.39, 0.29) is 5.69 Å². The lowest BCUT2D eigenvalue weighted by atomic mass is 10.2. The molecule has 2 heterocycles. The molecule has 0 atom stereocenters. The Kier molecular flexibility index (Phi) is 6.58. The predicted molar refractivity (Wildman–Crippen MR) is 124 cm³/mol. The smallest absolute Gasteiger partial charge is 0.258 e. The molecule has 0 radical (unpaired) electrons. The maximum atomic E-state index is 12.8. The molecule has 1 fully saturated rings. The van der Waals surface area contributed by atoms with E-state index in [4.69, 9.17) is 0 Å². The minimum Gasteiger partial charge on any atom is -0.258 e. The zero-order valence-corrected chi connectivity index (χ0v) is 18.7. The number of sulfonamides is 1. The van der Waals surface area contributed by atoms with Gasteiger partial charge in [-0.3, -0.25) is 15.5 Å². The molecule has 0 bridgehead atoms. The molecule has 1 aromatic heterocycles. The van der Waals surface area contributed by atoms with E-state index in [0.717, 1.165) is 24.8 Å². The first-order valence-electron chi connectivity index (χ1n) is 10.0. The monoisotopic (exact) mass is 471 g/mol. The van der Waals surface area contributed by atoms with Crippen LogP contribution in [-0.2, 0) is 10.0 Å². The number of benzene rings is 2. The Bertz CT molecular complexity index is 1220. The average molecular weight is 472 g/mol. The van der Waals surface area contributed by atoms with Gasteiger partial charge in [-0.15, -0.1) is 11.3 Å². The van der Waals surface area contributed by atoms with E-state index in [1.807, 2.05) is 5.38 Å². The summed E-state index contributed by atoms with van der Waals surface area (Å²) in [6.07, 6.45) is 4.42. The van der Waals surface area contributed by atoms with Gasteiger partial charge in [-0.2, -0.15) is 9.41 Å². The standard InChI is InChI=1S/C21H21N5O4S2/c27-26(28)18-8-4-16(5-9-18)14-22-24-21-23-20(15-31-21)17-6-10-19(11-7-17)32(29,30)25-12-2-1-3-13-25/h4-11,14-15H,1-3,12-13H2,(H,23,24). The highest BCUT2D eigenvalue weighted by Gasteiger charge is 2.25. The van der Waals surface area contributed by atoms with Crippen molar-refractivity contribution in [1.29, 1.82) is 0 Å². The molecule has 0 aliphatic carbocycles. The van der Waals surface area contributed by atoms with Crippen LogP contribution in [0.5, 0.6) is 0 Å². The van der Waals surface area contributed by atoms with Gasteiger partial charge in [0.05, 0.1) is 21.7 Å². The van der Waals surface area contributed by atoms with Crippen LogP contribution in [-0.4, -0.2) is 41.9 Å². The molecule has 1 aliphatic heterocycles. The summed E-state index contributed by atoms with van der Waals surface area (Å²) < 4.78 is 27.1. The summed E-state index contributed by atoms with van der Waals surface area (Å²) in [5.74, 6) is 0. The van der Waals surface area contributed by atoms with Crippen LogP contribution < -0.4 is 5.43 Å². The molecule has 0 amide bonds. The third-order valence-corrected chi connectivity index (χ3v) is 7.74. The number of anilines is 1. The first kappa shape index (κ1) is 22.1. The van der Waals surface area contributed by atoms with E-state index in [9.17, 15) is 18.5 Å². The topological polar surface area (TPSA) is 118 Å². The van der Waals surface area contributed by atoms with Crippen LogP contribution in [0.1, 0.15) is 24.8 Å². The summed E-state index contributed by atoms with van der Waals surface area (Å²) in [6, 6.07) is 12.8. The molecule has 9 nitrogen and oxygen atoms in total. The van der Waals surface area contributed by atoms with Crippen molar-refractivity contribution in [3.63, 3.8) is 0 Å². The Labute approximate surface area is 189 Å². The molecule has 3 aromatic rings. The van der Waals surface area contributed by atoms with Crippen molar-refractivity contribution in [2.45, 2.75) is 24.2 Å². The van der Waals surface area contributed by atoms with Gasteiger partial charge in [0.1, 0.15) is 0 Å². The predicted octanol–water partition coefficient (Wildman–Crippen LogP) is 4.34. The molecule has 0 saturated carbocycles. The van der Waals surface area contributed by atoms with Gasteiger partial charge in [0.15, 0.2) is 0 Å². The summed E-state index contributed by atoms with van der Waals surface area (Å²) >= 11 is 1.37. The van der Waals surface area contributed by atoms with E-state index in [1.54, 1.807) is 46.9 Å². The summed E-state index contributed by atoms with van der Waals surface area (Å²) in [4.78, 5) is 15.0. The van der Waals surface area contributed by atoms with Gasteiger partial charge in [-0.05, 0) is 42.7 Å². The Balaban J connectivity index is 1.40. The highest BCUT2D eigenvalue weighted by Crippen LogP contribution is 2.27. The number of rotatable bonds is 7. The van der Waals surface area contributed by atoms with Crippen LogP contribution in [0.3, 0.4) is 0 Å². The number of aromatic nitrogens is 1. The number of nitro groups is 1. The van der Waals surface area contributed by atoms with Crippen LogP contribution >= 0.6 is 11.3 Å². The molecular formula is C21H21N5O4S2. The number of nitrogens with zero attached hydrogens (tertiary/aromatic N) is 4. The lowest BCUT2D eigenvalue weighted by Crippen LogP contribution is -2.35. The highest BCUT2D eigenvalue weighted by molar-refractivity contribution is 7.89. The van der Waals surface area contributed by atoms with Crippen molar-refractivity contribution in [3.05, 3.63) is 69.6 Å². The zero-order valence-electron chi connectivity index (χ0n) is 17.0. The first-order chi connectivity index (χ1) is 15.4. The van der Waals surface area contributed by atoms with Crippen molar-refractivity contribution in [3.8, 4) is 11.3 Å². The molecule has 1 N–H and O–H groups in total. The fraction of sp³-hybridized carbons (Fsp3) is 0.238. The van der Waals surface area contributed by atoms with E-state index < -0.39 is 14.9 Å². The second kappa shape index (κ2) is 9.55. The second-order valence-corrected chi connectivity index (χ2v) is 10.0. The average Bonchev–Trinajstić information content (AvgIpc) is 3.29. The third kappa shape index (κ3) is 5.01. The van der Waals surface area contributed by atoms with Crippen LogP contribution in [0.2, 0.25) is 0 Å². The van der Waals surface area contributed by atoms with Crippen molar-refractivity contribution < 1.29 is 13.3 Å². The Morgan fingerprint density at radius 2 is 1.75 bits per heavy atom. The quantitative estimate of drug-likeness (QED) is 0.311. The molecular weight excluding hydrogens is 450 g/mol. The van der Waals surface area contributed by atoms with Crippen molar-refractivity contribution in [1.82, 2.24) is 9.29 Å². The van der Waals surface area contributed by atoms with Gasteiger partial charge in [0.25, 0.3) is 5.69 Å². The van der Waals surface area contributed by atoms with E-state index in [1.165, 1.54) is 23.5 Å². The van der Waals surface area contributed by atoms with E-state index in [0.29, 0.717) is 34.4 Å². The molecule has 11 heteroatoms. The number of piperidine rings is 1. The van der Waals surface area contributed by atoms with Crippen LogP contribution in [0, 0.1) is 10.1 Å². The highest BCUT2D eigenvalue weighted by atomic mass is 32.2. The van der Waals surface area contributed by atoms with Crippen molar-refractivity contribution in [2.75, 3.05) is 18.5 Å². The number of hydrazone groups is 1. The molecule has 1 saturated heterocycles. The number of thiazole rings is 1. The minimum atomic E-state index is -3.45. The zero-order chi connectivity index (χ0) is 22.6. The minimum absolute atomic E-state index is 0.0226. The Hall–Kier alpha value is -3.15. The maximum absolute atomic E-state index is 12.8.